The highest BCUT2D eigenvalue weighted by Crippen LogP contribution is 2.27. The van der Waals surface area contributed by atoms with Crippen LogP contribution < -0.4 is 10.1 Å². The van der Waals surface area contributed by atoms with E-state index >= 15 is 0 Å². The van der Waals surface area contributed by atoms with E-state index in [2.05, 4.69) is 15.5 Å². The fraction of sp³-hybridized carbons (Fsp3) is 0.125. The first-order valence-corrected chi connectivity index (χ1v) is 11.5. The molecule has 0 saturated carbocycles. The van der Waals surface area contributed by atoms with E-state index in [0.29, 0.717) is 34.0 Å². The van der Waals surface area contributed by atoms with Crippen LogP contribution in [0.25, 0.3) is 0 Å². The Morgan fingerprint density at radius 2 is 1.75 bits per heavy atom. The second kappa shape index (κ2) is 10.7. The zero-order valence-corrected chi connectivity index (χ0v) is 19.2. The van der Waals surface area contributed by atoms with Crippen molar-refractivity contribution in [1.29, 1.82) is 0 Å². The van der Waals surface area contributed by atoms with Crippen LogP contribution in [-0.2, 0) is 17.8 Å². The van der Waals surface area contributed by atoms with E-state index in [1.54, 1.807) is 18.3 Å². The lowest BCUT2D eigenvalue weighted by Gasteiger charge is -2.08. The minimum absolute atomic E-state index is 0.110. The summed E-state index contributed by atoms with van der Waals surface area (Å²) in [5.74, 6) is 0.600. The van der Waals surface area contributed by atoms with Gasteiger partial charge in [-0.1, -0.05) is 83.5 Å². The number of hydrogen-bond donors (Lipinski definition) is 1. The molecule has 1 saturated heterocycles. The molecule has 0 spiro atoms. The van der Waals surface area contributed by atoms with Gasteiger partial charge in [0, 0.05) is 5.56 Å². The summed E-state index contributed by atoms with van der Waals surface area (Å²) in [7, 11) is 0. The Morgan fingerprint density at radius 1 is 0.969 bits per heavy atom. The van der Waals surface area contributed by atoms with Gasteiger partial charge < -0.3 is 10.1 Å². The van der Waals surface area contributed by atoms with Crippen molar-refractivity contribution in [2.24, 2.45) is 10.2 Å². The molecule has 1 atom stereocenters. The second-order valence-corrected chi connectivity index (χ2v) is 9.02. The van der Waals surface area contributed by atoms with Gasteiger partial charge in [-0.3, -0.25) is 4.79 Å². The molecule has 1 amide bonds. The molecule has 1 aliphatic heterocycles. The van der Waals surface area contributed by atoms with Gasteiger partial charge in [0.2, 0.25) is 5.91 Å². The number of carbonyl (C=O) groups excluding carboxylic acids is 1. The third-order valence-electron chi connectivity index (χ3n) is 4.68. The molecule has 0 radical (unpaired) electrons. The second-order valence-electron chi connectivity index (χ2n) is 7.01. The molecule has 8 heteroatoms. The van der Waals surface area contributed by atoms with Gasteiger partial charge in [0.05, 0.1) is 21.5 Å². The predicted octanol–water partition coefficient (Wildman–Crippen LogP) is 5.74. The van der Waals surface area contributed by atoms with Crippen molar-refractivity contribution in [3.63, 3.8) is 0 Å². The SMILES string of the molecule is O=C1N/C(=N\N=C\c2ccccc2OCc2ccccc2)SC1Cc1ccc(Cl)c(Cl)c1. The number of amides is 1. The largest absolute Gasteiger partial charge is 0.488 e. The predicted molar refractivity (Wildman–Crippen MR) is 132 cm³/mol. The zero-order chi connectivity index (χ0) is 22.3. The lowest BCUT2D eigenvalue weighted by atomic mass is 10.1. The topological polar surface area (TPSA) is 63.0 Å². The van der Waals surface area contributed by atoms with E-state index in [9.17, 15) is 4.79 Å². The van der Waals surface area contributed by atoms with E-state index < -0.39 is 0 Å². The number of hydrogen-bond acceptors (Lipinski definition) is 5. The smallest absolute Gasteiger partial charge is 0.239 e. The van der Waals surface area contributed by atoms with E-state index in [4.69, 9.17) is 27.9 Å². The summed E-state index contributed by atoms with van der Waals surface area (Å²) in [4.78, 5) is 12.3. The number of carbonyl (C=O) groups is 1. The molecule has 1 N–H and O–H groups in total. The van der Waals surface area contributed by atoms with Crippen molar-refractivity contribution in [1.82, 2.24) is 5.32 Å². The molecule has 5 nitrogen and oxygen atoms in total. The molecule has 3 aromatic rings. The van der Waals surface area contributed by atoms with Gasteiger partial charge in [0.1, 0.15) is 12.4 Å². The molecule has 0 aliphatic carbocycles. The minimum atomic E-state index is -0.303. The molecular weight excluding hydrogens is 465 g/mol. The first-order chi connectivity index (χ1) is 15.6. The number of rotatable bonds is 7. The van der Waals surface area contributed by atoms with Gasteiger partial charge in [-0.2, -0.15) is 5.10 Å². The Hall–Kier alpha value is -2.80. The van der Waals surface area contributed by atoms with Crippen LogP contribution in [0.15, 0.2) is 83.0 Å². The number of benzene rings is 3. The summed E-state index contributed by atoms with van der Waals surface area (Å²) in [6, 6.07) is 22.9. The van der Waals surface area contributed by atoms with E-state index in [1.807, 2.05) is 60.7 Å². The summed E-state index contributed by atoms with van der Waals surface area (Å²) < 4.78 is 5.93. The Bertz CT molecular complexity index is 1170. The molecule has 3 aromatic carbocycles. The van der Waals surface area contributed by atoms with Crippen molar-refractivity contribution >= 4 is 52.3 Å². The van der Waals surface area contributed by atoms with Gasteiger partial charge in [0.15, 0.2) is 5.17 Å². The van der Waals surface area contributed by atoms with Crippen LogP contribution in [0.5, 0.6) is 5.75 Å². The molecule has 162 valence electrons. The number of para-hydroxylation sites is 1. The third-order valence-corrected chi connectivity index (χ3v) is 6.49. The quantitative estimate of drug-likeness (QED) is 0.344. The molecule has 1 unspecified atom stereocenters. The van der Waals surface area contributed by atoms with Crippen molar-refractivity contribution in [3.05, 3.63) is 99.5 Å². The van der Waals surface area contributed by atoms with Crippen molar-refractivity contribution in [3.8, 4) is 5.75 Å². The van der Waals surface area contributed by atoms with Gasteiger partial charge in [-0.25, -0.2) is 0 Å². The van der Waals surface area contributed by atoms with E-state index in [-0.39, 0.29) is 11.2 Å². The maximum atomic E-state index is 12.3. The Kier molecular flexibility index (Phi) is 7.47. The third kappa shape index (κ3) is 5.91. The first-order valence-electron chi connectivity index (χ1n) is 9.87. The summed E-state index contributed by atoms with van der Waals surface area (Å²) in [6.07, 6.45) is 2.14. The van der Waals surface area contributed by atoms with Gasteiger partial charge in [-0.05, 0) is 41.8 Å². The molecular formula is C24H19Cl2N3O2S. The molecule has 4 rings (SSSR count). The number of ether oxygens (including phenoxy) is 1. The van der Waals surface area contributed by atoms with Crippen LogP contribution in [0.3, 0.4) is 0 Å². The monoisotopic (exact) mass is 483 g/mol. The minimum Gasteiger partial charge on any atom is -0.488 e. The average Bonchev–Trinajstić information content (AvgIpc) is 3.15. The lowest BCUT2D eigenvalue weighted by Crippen LogP contribution is -2.25. The van der Waals surface area contributed by atoms with Crippen molar-refractivity contribution in [2.45, 2.75) is 18.3 Å². The van der Waals surface area contributed by atoms with Crippen LogP contribution in [-0.4, -0.2) is 22.5 Å². The van der Waals surface area contributed by atoms with Crippen molar-refractivity contribution < 1.29 is 9.53 Å². The van der Waals surface area contributed by atoms with Crippen LogP contribution in [0.4, 0.5) is 0 Å². The van der Waals surface area contributed by atoms with E-state index in [0.717, 1.165) is 16.7 Å². The number of amidine groups is 1. The van der Waals surface area contributed by atoms with Crippen LogP contribution >= 0.6 is 35.0 Å². The summed E-state index contributed by atoms with van der Waals surface area (Å²) in [5.41, 5.74) is 2.81. The molecule has 1 fully saturated rings. The van der Waals surface area contributed by atoms with Crippen LogP contribution in [0, 0.1) is 0 Å². The highest BCUT2D eigenvalue weighted by molar-refractivity contribution is 8.15. The fourth-order valence-electron chi connectivity index (χ4n) is 3.06. The highest BCUT2D eigenvalue weighted by Gasteiger charge is 2.30. The molecule has 1 heterocycles. The molecule has 0 aromatic heterocycles. The number of nitrogens with zero attached hydrogens (tertiary/aromatic N) is 2. The Labute approximate surface area is 200 Å². The lowest BCUT2D eigenvalue weighted by molar-refractivity contribution is -0.118. The van der Waals surface area contributed by atoms with Crippen LogP contribution in [0.2, 0.25) is 10.0 Å². The highest BCUT2D eigenvalue weighted by atomic mass is 35.5. The summed E-state index contributed by atoms with van der Waals surface area (Å²) in [5, 5.41) is 12.2. The first kappa shape index (κ1) is 22.4. The molecule has 1 aliphatic rings. The van der Waals surface area contributed by atoms with Gasteiger partial charge >= 0.3 is 0 Å². The van der Waals surface area contributed by atoms with E-state index in [1.165, 1.54) is 11.8 Å². The molecule has 0 bridgehead atoms. The van der Waals surface area contributed by atoms with Crippen molar-refractivity contribution in [2.75, 3.05) is 0 Å². The van der Waals surface area contributed by atoms with Gasteiger partial charge in [-0.15, -0.1) is 5.10 Å². The Morgan fingerprint density at radius 3 is 2.56 bits per heavy atom. The number of nitrogens with one attached hydrogen (secondary N) is 1. The summed E-state index contributed by atoms with van der Waals surface area (Å²) in [6.45, 7) is 0.461. The van der Waals surface area contributed by atoms with Gasteiger partial charge in [0.25, 0.3) is 0 Å². The number of thioether (sulfide) groups is 1. The zero-order valence-electron chi connectivity index (χ0n) is 16.9. The average molecular weight is 484 g/mol. The standard InChI is InChI=1S/C24H19Cl2N3O2S/c25-19-11-10-17(12-20(19)26)13-22-23(30)28-24(32-22)29-27-14-18-8-4-5-9-21(18)31-15-16-6-2-1-3-7-16/h1-12,14,22H,13,15H2,(H,28,29,30)/b27-14+. The fourth-order valence-corrected chi connectivity index (χ4v) is 4.35. The number of halogens is 2. The maximum Gasteiger partial charge on any atom is 0.239 e. The normalized spacial score (nSPS) is 17.1. The molecule has 32 heavy (non-hydrogen) atoms. The maximum absolute atomic E-state index is 12.3. The van der Waals surface area contributed by atoms with Crippen LogP contribution in [0.1, 0.15) is 16.7 Å². The Balaban J connectivity index is 1.38. The summed E-state index contributed by atoms with van der Waals surface area (Å²) >= 11 is 13.4.